The zero-order valence-electron chi connectivity index (χ0n) is 14.4. The minimum atomic E-state index is -0.383. The van der Waals surface area contributed by atoms with E-state index in [1.165, 1.54) is 5.56 Å². The van der Waals surface area contributed by atoms with E-state index in [2.05, 4.69) is 17.4 Å². The highest BCUT2D eigenvalue weighted by Crippen LogP contribution is 2.47. The Labute approximate surface area is 147 Å². The van der Waals surface area contributed by atoms with Crippen LogP contribution >= 0.6 is 0 Å². The van der Waals surface area contributed by atoms with E-state index >= 15 is 0 Å². The molecule has 1 N–H and O–H groups in total. The second-order valence-electron chi connectivity index (χ2n) is 7.13. The Morgan fingerprint density at radius 3 is 2.48 bits per heavy atom. The summed E-state index contributed by atoms with van der Waals surface area (Å²) in [5, 5.41) is 3.06. The molecule has 2 aliphatic heterocycles. The van der Waals surface area contributed by atoms with Gasteiger partial charge in [0, 0.05) is 38.8 Å². The van der Waals surface area contributed by atoms with Crippen LogP contribution in [-0.4, -0.2) is 40.9 Å². The summed E-state index contributed by atoms with van der Waals surface area (Å²) in [6.45, 7) is 1.94. The van der Waals surface area contributed by atoms with E-state index in [1.807, 2.05) is 53.0 Å². The van der Waals surface area contributed by atoms with Crippen LogP contribution in [0.1, 0.15) is 34.8 Å². The Morgan fingerprint density at radius 1 is 1.12 bits per heavy atom. The van der Waals surface area contributed by atoms with Gasteiger partial charge in [0.1, 0.15) is 5.69 Å². The first kappa shape index (κ1) is 15.9. The van der Waals surface area contributed by atoms with E-state index in [9.17, 15) is 9.59 Å². The molecule has 0 aliphatic carbocycles. The summed E-state index contributed by atoms with van der Waals surface area (Å²) in [6, 6.07) is 14.0. The number of nitrogens with one attached hydrogen (secondary N) is 1. The number of aryl methyl sites for hydroxylation is 1. The van der Waals surface area contributed by atoms with Gasteiger partial charge in [-0.15, -0.1) is 0 Å². The highest BCUT2D eigenvalue weighted by atomic mass is 16.2. The van der Waals surface area contributed by atoms with Crippen molar-refractivity contribution in [3.63, 3.8) is 0 Å². The number of rotatable bonds is 2. The molecule has 1 aromatic carbocycles. The van der Waals surface area contributed by atoms with E-state index in [1.54, 1.807) is 0 Å². The van der Waals surface area contributed by atoms with Gasteiger partial charge in [-0.3, -0.25) is 9.59 Å². The summed E-state index contributed by atoms with van der Waals surface area (Å²) in [4.78, 5) is 27.3. The van der Waals surface area contributed by atoms with Crippen LogP contribution in [0.3, 0.4) is 0 Å². The van der Waals surface area contributed by atoms with Crippen LogP contribution in [0.15, 0.2) is 48.7 Å². The third-order valence-corrected chi connectivity index (χ3v) is 5.89. The second-order valence-corrected chi connectivity index (χ2v) is 7.13. The van der Waals surface area contributed by atoms with Crippen molar-refractivity contribution in [1.29, 1.82) is 0 Å². The summed E-state index contributed by atoms with van der Waals surface area (Å²) < 4.78 is 1.85. The van der Waals surface area contributed by atoms with Gasteiger partial charge in [0.2, 0.25) is 5.91 Å². The Bertz CT molecular complexity index is 788. The molecule has 1 spiro atoms. The maximum Gasteiger partial charge on any atom is 0.270 e. The molecule has 2 fully saturated rings. The monoisotopic (exact) mass is 337 g/mol. The van der Waals surface area contributed by atoms with E-state index in [4.69, 9.17) is 0 Å². The normalized spacial score (nSPS) is 22.2. The molecule has 2 aliphatic rings. The summed E-state index contributed by atoms with van der Waals surface area (Å²) in [7, 11) is 1.88. The van der Waals surface area contributed by atoms with E-state index in [0.29, 0.717) is 38.2 Å². The number of aromatic nitrogens is 1. The fourth-order valence-electron chi connectivity index (χ4n) is 4.38. The summed E-state index contributed by atoms with van der Waals surface area (Å²) in [5.41, 5.74) is 1.53. The largest absolute Gasteiger partial charge is 0.355 e. The third-order valence-electron chi connectivity index (χ3n) is 5.89. The molecule has 1 atom stereocenters. The van der Waals surface area contributed by atoms with Gasteiger partial charge in [0.15, 0.2) is 0 Å². The van der Waals surface area contributed by atoms with Gasteiger partial charge < -0.3 is 14.8 Å². The van der Waals surface area contributed by atoms with Gasteiger partial charge >= 0.3 is 0 Å². The zero-order chi connectivity index (χ0) is 17.4. The number of piperidine rings is 1. The van der Waals surface area contributed by atoms with E-state index in [0.717, 1.165) is 0 Å². The number of amides is 2. The molecule has 5 heteroatoms. The second kappa shape index (κ2) is 6.06. The molecule has 130 valence electrons. The molecule has 25 heavy (non-hydrogen) atoms. The van der Waals surface area contributed by atoms with Crippen LogP contribution in [0, 0.1) is 5.41 Å². The topological polar surface area (TPSA) is 54.3 Å². The van der Waals surface area contributed by atoms with Gasteiger partial charge in [0.05, 0.1) is 5.41 Å². The van der Waals surface area contributed by atoms with Crippen LogP contribution in [0.25, 0.3) is 0 Å². The molecular formula is C20H23N3O2. The maximum atomic E-state index is 12.7. The summed E-state index contributed by atoms with van der Waals surface area (Å²) in [6.07, 6.45) is 3.32. The van der Waals surface area contributed by atoms with Crippen molar-refractivity contribution >= 4 is 11.8 Å². The number of likely N-dealkylation sites (tertiary alicyclic amines) is 1. The molecule has 0 saturated carbocycles. The molecule has 0 radical (unpaired) electrons. The maximum absolute atomic E-state index is 12.7. The lowest BCUT2D eigenvalue weighted by atomic mass is 9.68. The molecular weight excluding hydrogens is 314 g/mol. The van der Waals surface area contributed by atoms with Crippen molar-refractivity contribution in [2.75, 3.05) is 19.6 Å². The standard InChI is InChI=1S/C20H23N3O2/c1-22-11-5-8-17(22)18(24)23-12-9-20(10-13-23)16(14-21-19(20)25)15-6-3-2-4-7-15/h2-8,11,16H,9-10,12-14H2,1H3,(H,21,25)/t16-/m0/s1. The Kier molecular flexibility index (Phi) is 3.86. The van der Waals surface area contributed by atoms with Crippen molar-refractivity contribution in [2.45, 2.75) is 18.8 Å². The molecule has 0 bridgehead atoms. The van der Waals surface area contributed by atoms with Gasteiger partial charge in [-0.2, -0.15) is 0 Å². The van der Waals surface area contributed by atoms with E-state index < -0.39 is 0 Å². The molecule has 5 nitrogen and oxygen atoms in total. The van der Waals surface area contributed by atoms with Crippen molar-refractivity contribution < 1.29 is 9.59 Å². The molecule has 2 saturated heterocycles. The van der Waals surface area contributed by atoms with Crippen LogP contribution < -0.4 is 5.32 Å². The Hall–Kier alpha value is -2.56. The van der Waals surface area contributed by atoms with E-state index in [-0.39, 0.29) is 23.1 Å². The Balaban J connectivity index is 1.54. The lowest BCUT2D eigenvalue weighted by Gasteiger charge is -2.41. The van der Waals surface area contributed by atoms with Gasteiger partial charge in [0.25, 0.3) is 5.91 Å². The number of hydrogen-bond acceptors (Lipinski definition) is 2. The highest BCUT2D eigenvalue weighted by molar-refractivity contribution is 5.93. The first-order valence-corrected chi connectivity index (χ1v) is 8.86. The smallest absolute Gasteiger partial charge is 0.270 e. The van der Waals surface area contributed by atoms with Gasteiger partial charge in [-0.25, -0.2) is 0 Å². The lowest BCUT2D eigenvalue weighted by molar-refractivity contribution is -0.130. The minimum Gasteiger partial charge on any atom is -0.355 e. The number of nitrogens with zero attached hydrogens (tertiary/aromatic N) is 2. The van der Waals surface area contributed by atoms with Crippen molar-refractivity contribution in [3.05, 3.63) is 59.9 Å². The highest BCUT2D eigenvalue weighted by Gasteiger charge is 2.52. The van der Waals surface area contributed by atoms with Gasteiger partial charge in [-0.05, 0) is 30.5 Å². The molecule has 2 aromatic rings. The number of carbonyl (C=O) groups is 2. The fraction of sp³-hybridized carbons (Fsp3) is 0.400. The predicted molar refractivity (Wildman–Crippen MR) is 95.2 cm³/mol. The minimum absolute atomic E-state index is 0.0528. The van der Waals surface area contributed by atoms with Crippen LogP contribution in [0.2, 0.25) is 0 Å². The molecule has 3 heterocycles. The molecule has 4 rings (SSSR count). The number of hydrogen-bond donors (Lipinski definition) is 1. The molecule has 1 aromatic heterocycles. The van der Waals surface area contributed by atoms with Crippen LogP contribution in [-0.2, 0) is 11.8 Å². The summed E-state index contributed by atoms with van der Waals surface area (Å²) >= 11 is 0. The van der Waals surface area contributed by atoms with Crippen LogP contribution in [0.5, 0.6) is 0 Å². The van der Waals surface area contributed by atoms with Crippen molar-refractivity contribution in [3.8, 4) is 0 Å². The zero-order valence-corrected chi connectivity index (χ0v) is 14.4. The fourth-order valence-corrected chi connectivity index (χ4v) is 4.38. The predicted octanol–water partition coefficient (Wildman–Crippen LogP) is 2.16. The molecule has 2 amide bonds. The number of benzene rings is 1. The average Bonchev–Trinajstić information content (AvgIpc) is 3.20. The van der Waals surface area contributed by atoms with Crippen molar-refractivity contribution in [1.82, 2.24) is 14.8 Å². The van der Waals surface area contributed by atoms with Gasteiger partial charge in [-0.1, -0.05) is 30.3 Å². The Morgan fingerprint density at radius 2 is 1.84 bits per heavy atom. The third kappa shape index (κ3) is 2.54. The SMILES string of the molecule is Cn1cccc1C(=O)N1CCC2(CC1)C(=O)NC[C@H]2c1ccccc1. The quantitative estimate of drug-likeness (QED) is 0.913. The van der Waals surface area contributed by atoms with Crippen molar-refractivity contribution in [2.24, 2.45) is 12.5 Å². The first-order valence-electron chi connectivity index (χ1n) is 8.86. The lowest BCUT2D eigenvalue weighted by Crippen LogP contribution is -2.48. The average molecular weight is 337 g/mol. The number of carbonyl (C=O) groups excluding carboxylic acids is 2. The van der Waals surface area contributed by atoms with Crippen LogP contribution in [0.4, 0.5) is 0 Å². The first-order chi connectivity index (χ1) is 12.1. The molecule has 0 unspecified atom stereocenters. The summed E-state index contributed by atoms with van der Waals surface area (Å²) in [5.74, 6) is 0.387.